The molecule has 0 saturated heterocycles. The summed E-state index contributed by atoms with van der Waals surface area (Å²) in [5.41, 5.74) is 1.89. The molecule has 1 unspecified atom stereocenters. The number of hydrogen-bond acceptors (Lipinski definition) is 5. The topological polar surface area (TPSA) is 77.0 Å². The maximum atomic E-state index is 13.1. The maximum absolute atomic E-state index is 13.1. The van der Waals surface area contributed by atoms with Crippen LogP contribution in [0.4, 0.5) is 8.78 Å². The molecule has 3 aromatic rings. The van der Waals surface area contributed by atoms with Gasteiger partial charge < -0.3 is 9.63 Å². The van der Waals surface area contributed by atoms with Gasteiger partial charge in [-0.15, -0.1) is 0 Å². The Balaban J connectivity index is 1.49. The number of aryl methyl sites for hydroxylation is 1. The summed E-state index contributed by atoms with van der Waals surface area (Å²) in [6.07, 6.45) is 1.28. The molecule has 1 aromatic carbocycles. The van der Waals surface area contributed by atoms with Crippen LogP contribution in [0.25, 0.3) is 11.6 Å². The van der Waals surface area contributed by atoms with E-state index in [1.807, 2.05) is 6.07 Å². The first-order valence-electron chi connectivity index (χ1n) is 9.86. The van der Waals surface area contributed by atoms with E-state index >= 15 is 0 Å². The normalized spacial score (nSPS) is 22.2. The van der Waals surface area contributed by atoms with Gasteiger partial charge in [-0.3, -0.25) is 4.68 Å². The minimum atomic E-state index is -2.63. The van der Waals surface area contributed by atoms with Gasteiger partial charge in [0.25, 0.3) is 12.3 Å². The third-order valence-corrected chi connectivity index (χ3v) is 6.33. The Hall–Kier alpha value is -2.77. The summed E-state index contributed by atoms with van der Waals surface area (Å²) in [5.74, 6) is 2.28. The van der Waals surface area contributed by atoms with E-state index in [4.69, 9.17) is 4.52 Å². The molecule has 0 spiro atoms. The van der Waals surface area contributed by atoms with E-state index in [0.717, 1.165) is 35.4 Å². The predicted molar refractivity (Wildman–Crippen MR) is 101 cm³/mol. The van der Waals surface area contributed by atoms with Crippen molar-refractivity contribution >= 4 is 0 Å². The van der Waals surface area contributed by atoms with Crippen LogP contribution in [0, 0.1) is 11.8 Å². The van der Waals surface area contributed by atoms with E-state index in [2.05, 4.69) is 22.2 Å². The highest BCUT2D eigenvalue weighted by molar-refractivity contribution is 5.51. The number of halogens is 2. The number of phenols is 1. The Morgan fingerprint density at radius 3 is 2.69 bits per heavy atom. The molecule has 2 saturated carbocycles. The van der Waals surface area contributed by atoms with Crippen LogP contribution >= 0.6 is 0 Å². The molecule has 0 radical (unpaired) electrons. The zero-order chi connectivity index (χ0) is 20.3. The lowest BCUT2D eigenvalue weighted by Gasteiger charge is -2.17. The van der Waals surface area contributed by atoms with Gasteiger partial charge in [-0.2, -0.15) is 10.1 Å². The molecule has 2 atom stereocenters. The van der Waals surface area contributed by atoms with Crippen molar-refractivity contribution in [2.24, 2.45) is 18.9 Å². The molecule has 29 heavy (non-hydrogen) atoms. The van der Waals surface area contributed by atoms with Gasteiger partial charge >= 0.3 is 0 Å². The molecule has 2 aliphatic rings. The predicted octanol–water partition coefficient (Wildman–Crippen LogP) is 4.39. The van der Waals surface area contributed by atoms with E-state index in [1.165, 1.54) is 25.1 Å². The second kappa shape index (κ2) is 6.37. The summed E-state index contributed by atoms with van der Waals surface area (Å²) in [4.78, 5) is 4.51. The first kappa shape index (κ1) is 18.3. The van der Waals surface area contributed by atoms with Crippen molar-refractivity contribution < 1.29 is 18.4 Å². The van der Waals surface area contributed by atoms with Crippen molar-refractivity contribution in [1.82, 2.24) is 19.9 Å². The fourth-order valence-electron chi connectivity index (χ4n) is 4.20. The van der Waals surface area contributed by atoms with Gasteiger partial charge in [-0.05, 0) is 66.8 Å². The number of alkyl halides is 2. The van der Waals surface area contributed by atoms with Gasteiger partial charge in [0, 0.05) is 7.05 Å². The number of benzene rings is 1. The largest absolute Gasteiger partial charge is 0.508 e. The van der Waals surface area contributed by atoms with E-state index in [1.54, 1.807) is 12.1 Å². The Bertz CT molecular complexity index is 1070. The fourth-order valence-corrected chi connectivity index (χ4v) is 4.20. The van der Waals surface area contributed by atoms with E-state index < -0.39 is 11.8 Å². The SMILES string of the molecule is CC1C[C@@H]1Cc1ccc(O)cc1C1(c2noc(-c3cc(C(F)F)n(C)n3)n2)CC1. The van der Waals surface area contributed by atoms with Gasteiger partial charge in [0.05, 0.1) is 5.41 Å². The summed E-state index contributed by atoms with van der Waals surface area (Å²) in [5, 5.41) is 18.3. The van der Waals surface area contributed by atoms with Crippen LogP contribution in [-0.4, -0.2) is 25.0 Å². The average molecular weight is 400 g/mol. The zero-order valence-corrected chi connectivity index (χ0v) is 16.3. The average Bonchev–Trinajstić information content (AvgIpc) is 3.50. The number of hydrogen-bond donors (Lipinski definition) is 1. The molecular weight excluding hydrogens is 378 g/mol. The molecule has 152 valence electrons. The summed E-state index contributed by atoms with van der Waals surface area (Å²) in [6, 6.07) is 6.80. The molecular formula is C21H22F2N4O2. The lowest BCUT2D eigenvalue weighted by Crippen LogP contribution is -2.14. The van der Waals surface area contributed by atoms with Crippen molar-refractivity contribution in [3.05, 3.63) is 46.9 Å². The minimum absolute atomic E-state index is 0.131. The molecule has 5 rings (SSSR count). The summed E-state index contributed by atoms with van der Waals surface area (Å²) >= 11 is 0. The van der Waals surface area contributed by atoms with E-state index in [9.17, 15) is 13.9 Å². The summed E-state index contributed by atoms with van der Waals surface area (Å²) in [6.45, 7) is 2.25. The third kappa shape index (κ3) is 3.10. The van der Waals surface area contributed by atoms with Crippen LogP contribution in [0.2, 0.25) is 0 Å². The molecule has 1 N–H and O–H groups in total. The quantitative estimate of drug-likeness (QED) is 0.664. The highest BCUT2D eigenvalue weighted by atomic mass is 19.3. The van der Waals surface area contributed by atoms with Gasteiger partial charge in [0.2, 0.25) is 0 Å². The summed E-state index contributed by atoms with van der Waals surface area (Å²) < 4.78 is 32.6. The number of aromatic nitrogens is 4. The van der Waals surface area contributed by atoms with Crippen molar-refractivity contribution in [2.75, 3.05) is 0 Å². The smallest absolute Gasteiger partial charge is 0.280 e. The lowest BCUT2D eigenvalue weighted by molar-refractivity contribution is 0.141. The second-order valence-corrected chi connectivity index (χ2v) is 8.40. The van der Waals surface area contributed by atoms with Crippen molar-refractivity contribution in [1.29, 1.82) is 0 Å². The van der Waals surface area contributed by atoms with Crippen LogP contribution in [0.15, 0.2) is 28.8 Å². The number of phenolic OH excluding ortho intramolecular Hbond substituents is 1. The number of rotatable bonds is 6. The molecule has 0 amide bonds. The third-order valence-electron chi connectivity index (χ3n) is 6.33. The Kier molecular flexibility index (Phi) is 4.01. The Morgan fingerprint density at radius 2 is 2.07 bits per heavy atom. The van der Waals surface area contributed by atoms with Crippen molar-refractivity contribution in [3.63, 3.8) is 0 Å². The first-order valence-corrected chi connectivity index (χ1v) is 9.86. The number of aromatic hydroxyl groups is 1. The summed E-state index contributed by atoms with van der Waals surface area (Å²) in [7, 11) is 1.46. The Morgan fingerprint density at radius 1 is 1.31 bits per heavy atom. The molecule has 2 heterocycles. The highest BCUT2D eigenvalue weighted by Gasteiger charge is 2.51. The molecule has 0 aliphatic heterocycles. The van der Waals surface area contributed by atoms with Crippen LogP contribution in [0.1, 0.15) is 55.3 Å². The standard InChI is InChI=1S/C21H22F2N4O2/c1-11-7-13(11)8-12-3-4-14(28)9-15(12)21(5-6-21)20-24-19(29-26-20)16-10-17(18(22)23)27(2)25-16/h3-4,9-11,13,18,28H,5-8H2,1-2H3/t11?,13-/m1/s1. The first-order chi connectivity index (χ1) is 13.9. The van der Waals surface area contributed by atoms with E-state index in [0.29, 0.717) is 11.7 Å². The number of nitrogens with zero attached hydrogens (tertiary/aromatic N) is 4. The van der Waals surface area contributed by atoms with Gasteiger partial charge in [-0.25, -0.2) is 8.78 Å². The lowest BCUT2D eigenvalue weighted by atomic mass is 9.88. The van der Waals surface area contributed by atoms with Crippen LogP contribution < -0.4 is 0 Å². The van der Waals surface area contributed by atoms with Gasteiger partial charge in [0.1, 0.15) is 11.4 Å². The van der Waals surface area contributed by atoms with E-state index in [-0.39, 0.29) is 23.0 Å². The highest BCUT2D eigenvalue weighted by Crippen LogP contribution is 2.55. The monoisotopic (exact) mass is 400 g/mol. The zero-order valence-electron chi connectivity index (χ0n) is 16.3. The minimum Gasteiger partial charge on any atom is -0.508 e. The van der Waals surface area contributed by atoms with Crippen LogP contribution in [0.5, 0.6) is 5.75 Å². The molecule has 6 nitrogen and oxygen atoms in total. The molecule has 2 fully saturated rings. The molecule has 0 bridgehead atoms. The van der Waals surface area contributed by atoms with Crippen molar-refractivity contribution in [3.8, 4) is 17.3 Å². The van der Waals surface area contributed by atoms with Crippen molar-refractivity contribution in [2.45, 2.75) is 44.4 Å². The Labute approximate surface area is 166 Å². The molecule has 2 aliphatic carbocycles. The second-order valence-electron chi connectivity index (χ2n) is 8.40. The fraction of sp³-hybridized carbons (Fsp3) is 0.476. The van der Waals surface area contributed by atoms with Gasteiger partial charge in [0.15, 0.2) is 11.5 Å². The van der Waals surface area contributed by atoms with Crippen LogP contribution in [-0.2, 0) is 18.9 Å². The maximum Gasteiger partial charge on any atom is 0.280 e. The van der Waals surface area contributed by atoms with Gasteiger partial charge in [-0.1, -0.05) is 18.1 Å². The van der Waals surface area contributed by atoms with Crippen LogP contribution in [0.3, 0.4) is 0 Å². The molecule has 2 aromatic heterocycles. The molecule has 8 heteroatoms.